The normalized spacial score (nSPS) is 26.3. The van der Waals surface area contributed by atoms with Crippen molar-refractivity contribution in [2.75, 3.05) is 11.4 Å². The molecule has 2 fully saturated rings. The highest BCUT2D eigenvalue weighted by Crippen LogP contribution is 2.40. The average Bonchev–Trinajstić information content (AvgIpc) is 2.82. The molecular weight excluding hydrogens is 248 g/mol. The first-order valence-corrected chi connectivity index (χ1v) is 6.91. The Bertz CT molecular complexity index is 480. The summed E-state index contributed by atoms with van der Waals surface area (Å²) >= 11 is 0. The largest absolute Gasteiger partial charge is 0.364 e. The first-order valence-electron chi connectivity index (χ1n) is 6.91. The molecule has 0 N–H and O–H groups in total. The third kappa shape index (κ3) is 2.13. The molecule has 1 saturated carbocycles. The first kappa shape index (κ1) is 12.6. The molecule has 1 aromatic carbocycles. The van der Waals surface area contributed by atoms with E-state index in [-0.39, 0.29) is 17.3 Å². The minimum absolute atomic E-state index is 0.0538. The van der Waals surface area contributed by atoms with Crippen LogP contribution >= 0.6 is 0 Å². The van der Waals surface area contributed by atoms with Crippen LogP contribution in [0.15, 0.2) is 12.1 Å². The zero-order valence-corrected chi connectivity index (χ0v) is 10.7. The average molecular weight is 265 g/mol. The molecule has 0 spiro atoms. The maximum absolute atomic E-state index is 14.1. The summed E-state index contributed by atoms with van der Waals surface area (Å²) in [6.07, 6.45) is 6.02. The van der Waals surface area contributed by atoms with E-state index < -0.39 is 11.6 Å². The molecule has 102 valence electrons. The lowest BCUT2D eigenvalue weighted by molar-refractivity contribution is 0.112. The summed E-state index contributed by atoms with van der Waals surface area (Å²) in [5.74, 6) is -0.667. The molecule has 1 aliphatic carbocycles. The predicted molar refractivity (Wildman–Crippen MR) is 69.5 cm³/mol. The van der Waals surface area contributed by atoms with Gasteiger partial charge in [-0.15, -0.1) is 0 Å². The van der Waals surface area contributed by atoms with Crippen LogP contribution < -0.4 is 4.90 Å². The minimum atomic E-state index is -0.617. The topological polar surface area (TPSA) is 20.3 Å². The van der Waals surface area contributed by atoms with E-state index in [0.29, 0.717) is 18.7 Å². The van der Waals surface area contributed by atoms with E-state index in [1.165, 1.54) is 6.42 Å². The molecule has 1 aliphatic heterocycles. The second-order valence-corrected chi connectivity index (χ2v) is 5.54. The number of halogens is 2. The summed E-state index contributed by atoms with van der Waals surface area (Å²) in [6.45, 7) is 0.712. The van der Waals surface area contributed by atoms with E-state index >= 15 is 0 Å². The van der Waals surface area contributed by atoms with E-state index in [1.807, 2.05) is 4.90 Å². The van der Waals surface area contributed by atoms with Crippen LogP contribution in [-0.4, -0.2) is 18.9 Å². The number of fused-ring (bicyclic) bond motifs is 1. The lowest BCUT2D eigenvalue weighted by atomic mass is 9.85. The number of aldehydes is 1. The molecule has 2 nitrogen and oxygen atoms in total. The Labute approximate surface area is 111 Å². The Hall–Kier alpha value is -1.45. The van der Waals surface area contributed by atoms with Crippen molar-refractivity contribution in [3.8, 4) is 0 Å². The van der Waals surface area contributed by atoms with Crippen LogP contribution in [0.1, 0.15) is 42.5 Å². The van der Waals surface area contributed by atoms with Crippen molar-refractivity contribution in [3.63, 3.8) is 0 Å². The molecular formula is C15H17F2NO. The fraction of sp³-hybridized carbons (Fsp3) is 0.533. The molecule has 2 aliphatic rings. The van der Waals surface area contributed by atoms with Crippen LogP contribution in [0.25, 0.3) is 0 Å². The molecule has 0 bridgehead atoms. The molecule has 2 unspecified atom stereocenters. The Morgan fingerprint density at radius 1 is 1.11 bits per heavy atom. The summed E-state index contributed by atoms with van der Waals surface area (Å²) in [4.78, 5) is 12.5. The lowest BCUT2D eigenvalue weighted by Crippen LogP contribution is -2.35. The SMILES string of the molecule is O=Cc1cc(F)c(N2CCC3CCCCC32)c(F)c1. The lowest BCUT2D eigenvalue weighted by Gasteiger charge is -2.33. The van der Waals surface area contributed by atoms with Crippen LogP contribution in [0.4, 0.5) is 14.5 Å². The van der Waals surface area contributed by atoms with Gasteiger partial charge in [-0.25, -0.2) is 8.78 Å². The molecule has 0 aromatic heterocycles. The Balaban J connectivity index is 1.96. The second kappa shape index (κ2) is 4.91. The van der Waals surface area contributed by atoms with Crippen molar-refractivity contribution in [2.24, 2.45) is 5.92 Å². The summed E-state index contributed by atoms with van der Waals surface area (Å²) in [5, 5.41) is 0. The van der Waals surface area contributed by atoms with Crippen molar-refractivity contribution in [2.45, 2.75) is 38.1 Å². The zero-order valence-electron chi connectivity index (χ0n) is 10.7. The van der Waals surface area contributed by atoms with Crippen LogP contribution in [0.3, 0.4) is 0 Å². The molecule has 4 heteroatoms. The quantitative estimate of drug-likeness (QED) is 0.762. The molecule has 1 heterocycles. The minimum Gasteiger partial charge on any atom is -0.364 e. The Kier molecular flexibility index (Phi) is 3.25. The van der Waals surface area contributed by atoms with Crippen LogP contribution in [0.5, 0.6) is 0 Å². The van der Waals surface area contributed by atoms with E-state index in [1.54, 1.807) is 0 Å². The van der Waals surface area contributed by atoms with Gasteiger partial charge in [-0.3, -0.25) is 4.79 Å². The third-order valence-electron chi connectivity index (χ3n) is 4.47. The Morgan fingerprint density at radius 2 is 1.79 bits per heavy atom. The van der Waals surface area contributed by atoms with E-state index in [2.05, 4.69) is 0 Å². The maximum atomic E-state index is 14.1. The third-order valence-corrected chi connectivity index (χ3v) is 4.47. The van der Waals surface area contributed by atoms with Crippen LogP contribution in [0, 0.1) is 17.6 Å². The fourth-order valence-corrected chi connectivity index (χ4v) is 3.61. The van der Waals surface area contributed by atoms with Gasteiger partial charge in [0.25, 0.3) is 0 Å². The van der Waals surface area contributed by atoms with Gasteiger partial charge >= 0.3 is 0 Å². The Morgan fingerprint density at radius 3 is 2.47 bits per heavy atom. The highest BCUT2D eigenvalue weighted by molar-refractivity contribution is 5.76. The first-order chi connectivity index (χ1) is 9.20. The summed E-state index contributed by atoms with van der Waals surface area (Å²) in [6, 6.07) is 2.52. The van der Waals surface area contributed by atoms with Crippen molar-refractivity contribution >= 4 is 12.0 Å². The molecule has 0 amide bonds. The highest BCUT2D eigenvalue weighted by atomic mass is 19.1. The number of benzene rings is 1. The van der Waals surface area contributed by atoms with Gasteiger partial charge in [0.15, 0.2) is 0 Å². The van der Waals surface area contributed by atoms with Gasteiger partial charge < -0.3 is 4.90 Å². The van der Waals surface area contributed by atoms with Gasteiger partial charge in [0, 0.05) is 18.2 Å². The molecule has 0 radical (unpaired) electrons. The van der Waals surface area contributed by atoms with Crippen molar-refractivity contribution in [1.82, 2.24) is 0 Å². The number of nitrogens with zero attached hydrogens (tertiary/aromatic N) is 1. The van der Waals surface area contributed by atoms with Crippen LogP contribution in [-0.2, 0) is 0 Å². The van der Waals surface area contributed by atoms with E-state index in [4.69, 9.17) is 0 Å². The van der Waals surface area contributed by atoms with E-state index in [9.17, 15) is 13.6 Å². The number of rotatable bonds is 2. The zero-order chi connectivity index (χ0) is 13.4. The second-order valence-electron chi connectivity index (χ2n) is 5.54. The molecule has 1 aromatic rings. The molecule has 1 saturated heterocycles. The number of hydrogen-bond donors (Lipinski definition) is 0. The number of hydrogen-bond acceptors (Lipinski definition) is 2. The smallest absolute Gasteiger partial charge is 0.150 e. The monoisotopic (exact) mass is 265 g/mol. The van der Waals surface area contributed by atoms with Gasteiger partial charge in [-0.2, -0.15) is 0 Å². The number of carbonyl (C=O) groups excluding carboxylic acids is 1. The van der Waals surface area contributed by atoms with Gasteiger partial charge in [-0.1, -0.05) is 12.8 Å². The van der Waals surface area contributed by atoms with Gasteiger partial charge in [0.05, 0.1) is 0 Å². The summed E-state index contributed by atoms with van der Waals surface area (Å²) in [7, 11) is 0. The molecule has 2 atom stereocenters. The molecule has 19 heavy (non-hydrogen) atoms. The van der Waals surface area contributed by atoms with Gasteiger partial charge in [-0.05, 0) is 37.3 Å². The van der Waals surface area contributed by atoms with Crippen molar-refractivity contribution in [3.05, 3.63) is 29.3 Å². The summed E-state index contributed by atoms with van der Waals surface area (Å²) in [5.41, 5.74) is 0.109. The molecule has 3 rings (SSSR count). The van der Waals surface area contributed by atoms with Gasteiger partial charge in [0.2, 0.25) is 0 Å². The maximum Gasteiger partial charge on any atom is 0.150 e. The van der Waals surface area contributed by atoms with Gasteiger partial charge in [0.1, 0.15) is 23.6 Å². The standard InChI is InChI=1S/C15H17F2NO/c16-12-7-10(9-19)8-13(17)15(12)18-6-5-11-3-1-2-4-14(11)18/h7-9,11,14H,1-6H2. The van der Waals surface area contributed by atoms with E-state index in [0.717, 1.165) is 37.8 Å². The highest BCUT2D eigenvalue weighted by Gasteiger charge is 2.37. The number of anilines is 1. The fourth-order valence-electron chi connectivity index (χ4n) is 3.61. The van der Waals surface area contributed by atoms with Crippen LogP contribution in [0.2, 0.25) is 0 Å². The predicted octanol–water partition coefficient (Wildman–Crippen LogP) is 3.55. The van der Waals surface area contributed by atoms with Crippen molar-refractivity contribution < 1.29 is 13.6 Å². The summed E-state index contributed by atoms with van der Waals surface area (Å²) < 4.78 is 28.1. The number of carbonyl (C=O) groups is 1. The van der Waals surface area contributed by atoms with Crippen molar-refractivity contribution in [1.29, 1.82) is 0 Å².